The normalized spacial score (nSPS) is 16.1. The summed E-state index contributed by atoms with van der Waals surface area (Å²) < 4.78 is 20.9. The van der Waals surface area contributed by atoms with Crippen molar-refractivity contribution in [3.8, 4) is 0 Å². The summed E-state index contributed by atoms with van der Waals surface area (Å²) in [5.41, 5.74) is 1.32. The van der Waals surface area contributed by atoms with Crippen LogP contribution in [0.2, 0.25) is 0 Å². The van der Waals surface area contributed by atoms with Crippen molar-refractivity contribution in [3.63, 3.8) is 0 Å². The Kier molecular flexibility index (Phi) is 3.87. The van der Waals surface area contributed by atoms with Gasteiger partial charge in [0, 0.05) is 5.39 Å². The van der Waals surface area contributed by atoms with Crippen molar-refractivity contribution in [1.82, 2.24) is 25.0 Å². The number of anilines is 2. The van der Waals surface area contributed by atoms with Gasteiger partial charge < -0.3 is 10.1 Å². The summed E-state index contributed by atoms with van der Waals surface area (Å²) >= 11 is 0. The molecule has 2 aromatic heterocycles. The molecule has 0 radical (unpaired) electrons. The smallest absolute Gasteiger partial charge is 0.272 e. The van der Waals surface area contributed by atoms with E-state index >= 15 is 0 Å². The molecule has 0 amide bonds. The van der Waals surface area contributed by atoms with Gasteiger partial charge in [0.2, 0.25) is 5.95 Å². The first-order chi connectivity index (χ1) is 13.7. The lowest BCUT2D eigenvalue weighted by atomic mass is 10.1. The molecule has 3 heterocycles. The number of benzene rings is 2. The Bertz CT molecular complexity index is 1220. The average molecular weight is 378 g/mol. The SMILES string of the molecule is O=c1[nH]ncc2c(Nc3nnc4n3C(c3ccc(F)cc3)COC4)cccc12. The minimum Gasteiger partial charge on any atom is -0.371 e. The Hall–Kier alpha value is -3.59. The van der Waals surface area contributed by atoms with Gasteiger partial charge in [0.1, 0.15) is 12.4 Å². The Balaban J connectivity index is 1.59. The number of nitrogens with zero attached hydrogens (tertiary/aromatic N) is 4. The van der Waals surface area contributed by atoms with Crippen molar-refractivity contribution in [2.75, 3.05) is 11.9 Å². The van der Waals surface area contributed by atoms with Crippen LogP contribution in [0.3, 0.4) is 0 Å². The second-order valence-corrected chi connectivity index (χ2v) is 6.48. The predicted octanol–water partition coefficient (Wildman–Crippen LogP) is 2.52. The molecular weight excluding hydrogens is 363 g/mol. The van der Waals surface area contributed by atoms with Gasteiger partial charge in [0.15, 0.2) is 5.82 Å². The van der Waals surface area contributed by atoms with Crippen LogP contribution in [-0.4, -0.2) is 31.6 Å². The lowest BCUT2D eigenvalue weighted by molar-refractivity contribution is 0.0670. The summed E-state index contributed by atoms with van der Waals surface area (Å²) in [4.78, 5) is 12.0. The van der Waals surface area contributed by atoms with Gasteiger partial charge in [0.05, 0.1) is 29.9 Å². The van der Waals surface area contributed by atoms with Crippen LogP contribution in [0.25, 0.3) is 10.8 Å². The van der Waals surface area contributed by atoms with Gasteiger partial charge in [-0.05, 0) is 29.8 Å². The highest BCUT2D eigenvalue weighted by Gasteiger charge is 2.27. The van der Waals surface area contributed by atoms with Crippen molar-refractivity contribution >= 4 is 22.4 Å². The van der Waals surface area contributed by atoms with Crippen molar-refractivity contribution in [3.05, 3.63) is 76.2 Å². The summed E-state index contributed by atoms with van der Waals surface area (Å²) in [6.07, 6.45) is 1.59. The number of hydrogen-bond donors (Lipinski definition) is 2. The summed E-state index contributed by atoms with van der Waals surface area (Å²) in [5.74, 6) is 0.885. The van der Waals surface area contributed by atoms with E-state index < -0.39 is 0 Å². The Morgan fingerprint density at radius 2 is 2.00 bits per heavy atom. The number of rotatable bonds is 3. The summed E-state index contributed by atoms with van der Waals surface area (Å²) in [7, 11) is 0. The largest absolute Gasteiger partial charge is 0.371 e. The van der Waals surface area contributed by atoms with Gasteiger partial charge >= 0.3 is 0 Å². The van der Waals surface area contributed by atoms with E-state index in [0.717, 1.165) is 5.56 Å². The molecule has 2 aromatic carbocycles. The third-order valence-corrected chi connectivity index (χ3v) is 4.80. The highest BCUT2D eigenvalue weighted by atomic mass is 19.1. The first-order valence-corrected chi connectivity index (χ1v) is 8.71. The van der Waals surface area contributed by atoms with Gasteiger partial charge in [-0.2, -0.15) is 5.10 Å². The highest BCUT2D eigenvalue weighted by Crippen LogP contribution is 2.31. The lowest BCUT2D eigenvalue weighted by Crippen LogP contribution is -2.25. The molecule has 28 heavy (non-hydrogen) atoms. The summed E-state index contributed by atoms with van der Waals surface area (Å²) in [5, 5.41) is 19.2. The first-order valence-electron chi connectivity index (χ1n) is 8.71. The quantitative estimate of drug-likeness (QED) is 0.569. The van der Waals surface area contributed by atoms with Crippen LogP contribution in [0.5, 0.6) is 0 Å². The zero-order valence-electron chi connectivity index (χ0n) is 14.6. The van der Waals surface area contributed by atoms with Crippen LogP contribution in [0.4, 0.5) is 16.0 Å². The van der Waals surface area contributed by atoms with E-state index in [2.05, 4.69) is 25.7 Å². The fraction of sp³-hybridized carbons (Fsp3) is 0.158. The van der Waals surface area contributed by atoms with Crippen molar-refractivity contribution in [2.24, 2.45) is 0 Å². The predicted molar refractivity (Wildman–Crippen MR) is 99.9 cm³/mol. The second-order valence-electron chi connectivity index (χ2n) is 6.48. The van der Waals surface area contributed by atoms with Crippen LogP contribution >= 0.6 is 0 Å². The van der Waals surface area contributed by atoms with Crippen LogP contribution in [0.1, 0.15) is 17.4 Å². The third kappa shape index (κ3) is 2.72. The molecule has 2 N–H and O–H groups in total. The standard InChI is InChI=1S/C19H15FN6O2/c20-12-6-4-11(5-7-12)16-9-28-10-17-23-25-19(26(16)17)22-15-3-1-2-13-14(15)8-21-24-18(13)27/h1-8,16H,9-10H2,(H,22,25)(H,24,27). The molecule has 0 saturated carbocycles. The Morgan fingerprint density at radius 1 is 1.14 bits per heavy atom. The van der Waals surface area contributed by atoms with E-state index in [1.807, 2.05) is 10.6 Å². The number of hydrogen-bond acceptors (Lipinski definition) is 6. The maximum atomic E-state index is 13.3. The van der Waals surface area contributed by atoms with Crippen LogP contribution in [0, 0.1) is 5.82 Å². The monoisotopic (exact) mass is 378 g/mol. The number of nitrogens with one attached hydrogen (secondary N) is 2. The molecule has 8 nitrogen and oxygen atoms in total. The van der Waals surface area contributed by atoms with Crippen LogP contribution in [0.15, 0.2) is 53.5 Å². The topological polar surface area (TPSA) is 97.7 Å². The second kappa shape index (κ2) is 6.54. The number of aromatic nitrogens is 5. The Morgan fingerprint density at radius 3 is 2.86 bits per heavy atom. The number of aromatic amines is 1. The molecule has 1 unspecified atom stereocenters. The molecule has 0 saturated heterocycles. The summed E-state index contributed by atoms with van der Waals surface area (Å²) in [6.45, 7) is 0.755. The molecule has 1 atom stereocenters. The van der Waals surface area contributed by atoms with Gasteiger partial charge in [-0.15, -0.1) is 10.2 Å². The fourth-order valence-electron chi connectivity index (χ4n) is 3.45. The van der Waals surface area contributed by atoms with Gasteiger partial charge in [0.25, 0.3) is 5.56 Å². The maximum absolute atomic E-state index is 13.3. The van der Waals surface area contributed by atoms with E-state index in [0.29, 0.717) is 41.4 Å². The number of H-pyrrole nitrogens is 1. The molecule has 9 heteroatoms. The van der Waals surface area contributed by atoms with E-state index in [9.17, 15) is 9.18 Å². The average Bonchev–Trinajstić information content (AvgIpc) is 3.13. The first kappa shape index (κ1) is 16.6. The molecule has 1 aliphatic heterocycles. The Labute approximate surface area is 158 Å². The number of halogens is 1. The summed E-state index contributed by atoms with van der Waals surface area (Å²) in [6, 6.07) is 11.5. The lowest BCUT2D eigenvalue weighted by Gasteiger charge is -2.26. The molecule has 0 spiro atoms. The van der Waals surface area contributed by atoms with E-state index in [-0.39, 0.29) is 17.4 Å². The van der Waals surface area contributed by atoms with Gasteiger partial charge in [-0.3, -0.25) is 9.36 Å². The number of ether oxygens (including phenoxy) is 1. The molecule has 5 rings (SSSR count). The maximum Gasteiger partial charge on any atom is 0.272 e. The van der Waals surface area contributed by atoms with Crippen LogP contribution < -0.4 is 10.9 Å². The molecular formula is C19H15FN6O2. The fourth-order valence-corrected chi connectivity index (χ4v) is 3.45. The molecule has 140 valence electrons. The van der Waals surface area contributed by atoms with Gasteiger partial charge in [-0.25, -0.2) is 9.49 Å². The molecule has 1 aliphatic rings. The van der Waals surface area contributed by atoms with E-state index in [4.69, 9.17) is 4.74 Å². The third-order valence-electron chi connectivity index (χ3n) is 4.80. The number of fused-ring (bicyclic) bond motifs is 2. The molecule has 0 fully saturated rings. The van der Waals surface area contributed by atoms with Gasteiger partial charge in [-0.1, -0.05) is 18.2 Å². The zero-order chi connectivity index (χ0) is 19.1. The minimum absolute atomic E-state index is 0.196. The van der Waals surface area contributed by atoms with Crippen molar-refractivity contribution in [1.29, 1.82) is 0 Å². The molecule has 0 bridgehead atoms. The highest BCUT2D eigenvalue weighted by molar-refractivity contribution is 5.93. The zero-order valence-corrected chi connectivity index (χ0v) is 14.6. The van der Waals surface area contributed by atoms with Crippen LogP contribution in [-0.2, 0) is 11.3 Å². The van der Waals surface area contributed by atoms with Crippen molar-refractivity contribution < 1.29 is 9.13 Å². The van der Waals surface area contributed by atoms with E-state index in [1.165, 1.54) is 12.1 Å². The molecule has 4 aromatic rings. The van der Waals surface area contributed by atoms with E-state index in [1.54, 1.807) is 30.5 Å². The van der Waals surface area contributed by atoms with Crippen molar-refractivity contribution in [2.45, 2.75) is 12.6 Å². The minimum atomic E-state index is -0.295. The molecule has 0 aliphatic carbocycles.